The zero-order chi connectivity index (χ0) is 13.9. The first-order valence-corrected chi connectivity index (χ1v) is 6.72. The molecule has 0 N–H and O–H groups in total. The molecule has 1 aliphatic heterocycles. The van der Waals surface area contributed by atoms with Crippen molar-refractivity contribution in [2.75, 3.05) is 13.1 Å². The molecule has 1 atom stereocenters. The van der Waals surface area contributed by atoms with Gasteiger partial charge in [0.25, 0.3) is 0 Å². The van der Waals surface area contributed by atoms with Crippen molar-refractivity contribution >= 4 is 11.9 Å². The SMILES string of the molecule is CC(C)C(=O)[C@@H]1CCCN(C(=O)OC(C)(C)C)C1. The maximum atomic E-state index is 12.0. The van der Waals surface area contributed by atoms with Crippen LogP contribution < -0.4 is 0 Å². The maximum Gasteiger partial charge on any atom is 0.410 e. The van der Waals surface area contributed by atoms with Crippen molar-refractivity contribution in [3.05, 3.63) is 0 Å². The van der Waals surface area contributed by atoms with Crippen molar-refractivity contribution in [3.8, 4) is 0 Å². The first-order chi connectivity index (χ1) is 8.20. The third kappa shape index (κ3) is 4.31. The number of piperidine rings is 1. The standard InChI is InChI=1S/C14H25NO3/c1-10(2)12(16)11-7-6-8-15(9-11)13(17)18-14(3,4)5/h10-11H,6-9H2,1-5H3/t11-/m1/s1. The lowest BCUT2D eigenvalue weighted by Gasteiger charge is -2.34. The second-order valence-electron chi connectivity index (χ2n) is 6.32. The van der Waals surface area contributed by atoms with Crippen LogP contribution in [0.25, 0.3) is 0 Å². The molecule has 4 nitrogen and oxygen atoms in total. The van der Waals surface area contributed by atoms with Crippen LogP contribution in [0.4, 0.5) is 4.79 Å². The van der Waals surface area contributed by atoms with Crippen LogP contribution >= 0.6 is 0 Å². The molecule has 0 radical (unpaired) electrons. The molecule has 4 heteroatoms. The van der Waals surface area contributed by atoms with Gasteiger partial charge in [0.1, 0.15) is 11.4 Å². The smallest absolute Gasteiger partial charge is 0.410 e. The summed E-state index contributed by atoms with van der Waals surface area (Å²) in [6.45, 7) is 10.6. The van der Waals surface area contributed by atoms with E-state index in [1.165, 1.54) is 0 Å². The molecule has 18 heavy (non-hydrogen) atoms. The van der Waals surface area contributed by atoms with E-state index in [-0.39, 0.29) is 23.7 Å². The predicted molar refractivity (Wildman–Crippen MR) is 70.4 cm³/mol. The molecule has 0 aromatic rings. The summed E-state index contributed by atoms with van der Waals surface area (Å²) in [7, 11) is 0. The second kappa shape index (κ2) is 5.72. The molecule has 0 aromatic heterocycles. The Morgan fingerprint density at radius 1 is 1.28 bits per heavy atom. The number of likely N-dealkylation sites (tertiary alicyclic amines) is 1. The fourth-order valence-electron chi connectivity index (χ4n) is 2.17. The van der Waals surface area contributed by atoms with Gasteiger partial charge in [0.05, 0.1) is 0 Å². The number of amides is 1. The fraction of sp³-hybridized carbons (Fsp3) is 0.857. The van der Waals surface area contributed by atoms with Crippen LogP contribution in [0.2, 0.25) is 0 Å². The predicted octanol–water partition coefficient (Wildman–Crippen LogP) is 2.86. The molecule has 1 rings (SSSR count). The van der Waals surface area contributed by atoms with Gasteiger partial charge in [0, 0.05) is 24.9 Å². The minimum absolute atomic E-state index is 0.0220. The zero-order valence-electron chi connectivity index (χ0n) is 12.2. The van der Waals surface area contributed by atoms with E-state index >= 15 is 0 Å². The van der Waals surface area contributed by atoms with Crippen LogP contribution in [0.15, 0.2) is 0 Å². The van der Waals surface area contributed by atoms with Crippen LogP contribution in [0.1, 0.15) is 47.5 Å². The Morgan fingerprint density at radius 3 is 2.39 bits per heavy atom. The molecule has 1 fully saturated rings. The van der Waals surface area contributed by atoms with Crippen LogP contribution in [0, 0.1) is 11.8 Å². The number of rotatable bonds is 2. The third-order valence-corrected chi connectivity index (χ3v) is 3.04. The van der Waals surface area contributed by atoms with Crippen molar-refractivity contribution in [2.24, 2.45) is 11.8 Å². The quantitative estimate of drug-likeness (QED) is 0.762. The average molecular weight is 255 g/mol. The summed E-state index contributed by atoms with van der Waals surface area (Å²) in [4.78, 5) is 25.6. The van der Waals surface area contributed by atoms with Crippen LogP contribution in [0.3, 0.4) is 0 Å². The molecule has 1 amide bonds. The van der Waals surface area contributed by atoms with Gasteiger partial charge in [0.15, 0.2) is 0 Å². The van der Waals surface area contributed by atoms with Crippen molar-refractivity contribution in [1.82, 2.24) is 4.90 Å². The van der Waals surface area contributed by atoms with Crippen LogP contribution in [0.5, 0.6) is 0 Å². The minimum atomic E-state index is -0.480. The number of hydrogen-bond donors (Lipinski definition) is 0. The van der Waals surface area contributed by atoms with Gasteiger partial charge in [-0.3, -0.25) is 4.79 Å². The normalized spacial score (nSPS) is 21.0. The molecule has 104 valence electrons. The molecular weight excluding hydrogens is 230 g/mol. The molecule has 0 bridgehead atoms. The van der Waals surface area contributed by atoms with E-state index in [1.54, 1.807) is 4.90 Å². The molecule has 0 unspecified atom stereocenters. The highest BCUT2D eigenvalue weighted by molar-refractivity contribution is 5.83. The molecule has 1 aliphatic rings. The number of carbonyl (C=O) groups excluding carboxylic acids is 2. The van der Waals surface area contributed by atoms with Gasteiger partial charge in [-0.25, -0.2) is 4.79 Å². The molecule has 1 saturated heterocycles. The molecule has 0 spiro atoms. The molecule has 0 aromatic carbocycles. The van der Waals surface area contributed by atoms with Gasteiger partial charge in [-0.15, -0.1) is 0 Å². The van der Waals surface area contributed by atoms with E-state index in [9.17, 15) is 9.59 Å². The first-order valence-electron chi connectivity index (χ1n) is 6.72. The summed E-state index contributed by atoms with van der Waals surface area (Å²) in [5.41, 5.74) is -0.480. The fourth-order valence-corrected chi connectivity index (χ4v) is 2.17. The lowest BCUT2D eigenvalue weighted by atomic mass is 9.88. The number of ether oxygens (including phenoxy) is 1. The van der Waals surface area contributed by atoms with Gasteiger partial charge in [-0.1, -0.05) is 13.8 Å². The number of ketones is 1. The van der Waals surface area contributed by atoms with E-state index in [2.05, 4.69) is 0 Å². The number of hydrogen-bond acceptors (Lipinski definition) is 3. The third-order valence-electron chi connectivity index (χ3n) is 3.04. The summed E-state index contributed by atoms with van der Waals surface area (Å²) in [5, 5.41) is 0. The van der Waals surface area contributed by atoms with E-state index < -0.39 is 5.60 Å². The lowest BCUT2D eigenvalue weighted by molar-refractivity contribution is -0.127. The summed E-state index contributed by atoms with van der Waals surface area (Å²) in [6, 6.07) is 0. The van der Waals surface area contributed by atoms with E-state index in [0.717, 1.165) is 12.8 Å². The second-order valence-corrected chi connectivity index (χ2v) is 6.32. The van der Waals surface area contributed by atoms with Gasteiger partial charge in [0.2, 0.25) is 0 Å². The summed E-state index contributed by atoms with van der Waals surface area (Å²) in [5.74, 6) is 0.267. The average Bonchev–Trinajstić information content (AvgIpc) is 2.25. The highest BCUT2D eigenvalue weighted by atomic mass is 16.6. The van der Waals surface area contributed by atoms with Gasteiger partial charge >= 0.3 is 6.09 Å². The van der Waals surface area contributed by atoms with E-state index in [4.69, 9.17) is 4.74 Å². The number of Topliss-reactive ketones (excluding diaryl/α,β-unsaturated/α-hetero) is 1. The monoisotopic (exact) mass is 255 g/mol. The Hall–Kier alpha value is -1.06. The highest BCUT2D eigenvalue weighted by Crippen LogP contribution is 2.22. The van der Waals surface area contributed by atoms with Crippen molar-refractivity contribution in [3.63, 3.8) is 0 Å². The van der Waals surface area contributed by atoms with Crippen LogP contribution in [-0.4, -0.2) is 35.5 Å². The van der Waals surface area contributed by atoms with Crippen molar-refractivity contribution in [1.29, 1.82) is 0 Å². The number of nitrogens with zero attached hydrogens (tertiary/aromatic N) is 1. The molecule has 1 heterocycles. The van der Waals surface area contributed by atoms with E-state index in [1.807, 2.05) is 34.6 Å². The van der Waals surface area contributed by atoms with Crippen LogP contribution in [-0.2, 0) is 9.53 Å². The van der Waals surface area contributed by atoms with Gasteiger partial charge < -0.3 is 9.64 Å². The van der Waals surface area contributed by atoms with Crippen molar-refractivity contribution in [2.45, 2.75) is 53.1 Å². The largest absolute Gasteiger partial charge is 0.444 e. The molecule has 0 saturated carbocycles. The Kier molecular flexibility index (Phi) is 4.77. The zero-order valence-corrected chi connectivity index (χ0v) is 12.2. The Bertz CT molecular complexity index is 317. The maximum absolute atomic E-state index is 12.0. The Labute approximate surface area is 110 Å². The number of carbonyl (C=O) groups is 2. The highest BCUT2D eigenvalue weighted by Gasteiger charge is 2.31. The Balaban J connectivity index is 2.59. The topological polar surface area (TPSA) is 46.6 Å². The van der Waals surface area contributed by atoms with E-state index in [0.29, 0.717) is 13.1 Å². The first kappa shape index (κ1) is 15.0. The molecule has 0 aliphatic carbocycles. The van der Waals surface area contributed by atoms with Gasteiger partial charge in [-0.2, -0.15) is 0 Å². The summed E-state index contributed by atoms with van der Waals surface area (Å²) >= 11 is 0. The summed E-state index contributed by atoms with van der Waals surface area (Å²) < 4.78 is 5.34. The summed E-state index contributed by atoms with van der Waals surface area (Å²) in [6.07, 6.45) is 1.46. The Morgan fingerprint density at radius 2 is 1.89 bits per heavy atom. The molecular formula is C14H25NO3. The van der Waals surface area contributed by atoms with Crippen molar-refractivity contribution < 1.29 is 14.3 Å². The van der Waals surface area contributed by atoms with Gasteiger partial charge in [-0.05, 0) is 33.6 Å². The minimum Gasteiger partial charge on any atom is -0.444 e. The lowest BCUT2D eigenvalue weighted by Crippen LogP contribution is -2.45.